The summed E-state index contributed by atoms with van der Waals surface area (Å²) >= 11 is 1.74. The van der Waals surface area contributed by atoms with E-state index >= 15 is 0 Å². The molecule has 84 valence electrons. The van der Waals surface area contributed by atoms with Gasteiger partial charge >= 0.3 is 0 Å². The van der Waals surface area contributed by atoms with Gasteiger partial charge in [0, 0.05) is 10.00 Å². The number of rotatable bonds is 3. The van der Waals surface area contributed by atoms with Crippen molar-refractivity contribution in [3.63, 3.8) is 0 Å². The molecule has 0 aliphatic heterocycles. The summed E-state index contributed by atoms with van der Waals surface area (Å²) in [6.45, 7) is 4.26. The second-order valence-electron chi connectivity index (χ2n) is 4.78. The van der Waals surface area contributed by atoms with Crippen molar-refractivity contribution in [3.8, 4) is 0 Å². The van der Waals surface area contributed by atoms with Crippen molar-refractivity contribution in [2.75, 3.05) is 6.61 Å². The molecule has 0 aromatic rings. The number of thioether (sulfide) groups is 1. The van der Waals surface area contributed by atoms with Crippen molar-refractivity contribution in [1.29, 1.82) is 0 Å². The molecule has 0 radical (unpaired) electrons. The standard InChI is InChI=1S/C11H22O2S/c1-11(2,8-12)14-10-7-5-3-4-6-9(10)13/h9-10,12-13H,3-8H2,1-2H3. The highest BCUT2D eigenvalue weighted by Gasteiger charge is 2.28. The molecule has 0 heterocycles. The summed E-state index contributed by atoms with van der Waals surface area (Å²) in [7, 11) is 0. The third-order valence-electron chi connectivity index (χ3n) is 2.77. The zero-order chi connectivity index (χ0) is 10.6. The Bertz CT molecular complexity index is 171. The van der Waals surface area contributed by atoms with Gasteiger partial charge in [0.15, 0.2) is 0 Å². The summed E-state index contributed by atoms with van der Waals surface area (Å²) in [5.41, 5.74) is 0. The van der Waals surface area contributed by atoms with Crippen LogP contribution in [0.5, 0.6) is 0 Å². The van der Waals surface area contributed by atoms with Crippen LogP contribution in [0.2, 0.25) is 0 Å². The van der Waals surface area contributed by atoms with Gasteiger partial charge in [-0.05, 0) is 26.7 Å². The van der Waals surface area contributed by atoms with Crippen molar-refractivity contribution >= 4 is 11.8 Å². The number of hydrogen-bond donors (Lipinski definition) is 2. The molecule has 0 aromatic carbocycles. The van der Waals surface area contributed by atoms with E-state index in [1.165, 1.54) is 12.8 Å². The van der Waals surface area contributed by atoms with E-state index in [0.717, 1.165) is 19.3 Å². The van der Waals surface area contributed by atoms with E-state index in [2.05, 4.69) is 0 Å². The van der Waals surface area contributed by atoms with Crippen LogP contribution in [0.4, 0.5) is 0 Å². The largest absolute Gasteiger partial charge is 0.395 e. The fourth-order valence-electron chi connectivity index (χ4n) is 1.84. The number of aliphatic hydroxyl groups excluding tert-OH is 2. The fraction of sp³-hybridized carbons (Fsp3) is 1.00. The predicted octanol–water partition coefficient (Wildman–Crippen LogP) is 2.18. The first-order chi connectivity index (χ1) is 6.55. The lowest BCUT2D eigenvalue weighted by molar-refractivity contribution is 0.162. The summed E-state index contributed by atoms with van der Waals surface area (Å²) in [5.74, 6) is 0. The smallest absolute Gasteiger partial charge is 0.0659 e. The van der Waals surface area contributed by atoms with Crippen molar-refractivity contribution in [2.24, 2.45) is 0 Å². The second-order valence-corrected chi connectivity index (χ2v) is 6.73. The molecule has 14 heavy (non-hydrogen) atoms. The van der Waals surface area contributed by atoms with Gasteiger partial charge in [-0.2, -0.15) is 0 Å². The Balaban J connectivity index is 2.48. The van der Waals surface area contributed by atoms with Crippen LogP contribution in [0, 0.1) is 0 Å². The van der Waals surface area contributed by atoms with Gasteiger partial charge in [-0.3, -0.25) is 0 Å². The molecule has 0 amide bonds. The first-order valence-corrected chi connectivity index (χ1v) is 6.40. The van der Waals surface area contributed by atoms with Crippen LogP contribution in [0.15, 0.2) is 0 Å². The maximum atomic E-state index is 9.91. The average molecular weight is 218 g/mol. The highest BCUT2D eigenvalue weighted by atomic mass is 32.2. The second kappa shape index (κ2) is 5.38. The minimum atomic E-state index is -0.173. The third kappa shape index (κ3) is 3.79. The highest BCUT2D eigenvalue weighted by Crippen LogP contribution is 2.35. The molecule has 0 bridgehead atoms. The molecule has 0 spiro atoms. The van der Waals surface area contributed by atoms with Gasteiger partial charge in [0.25, 0.3) is 0 Å². The van der Waals surface area contributed by atoms with E-state index in [1.54, 1.807) is 11.8 Å². The quantitative estimate of drug-likeness (QED) is 0.713. The van der Waals surface area contributed by atoms with Crippen molar-refractivity contribution in [2.45, 2.75) is 62.1 Å². The Morgan fingerprint density at radius 1 is 1.21 bits per heavy atom. The fourth-order valence-corrected chi connectivity index (χ4v) is 3.31. The SMILES string of the molecule is CC(C)(CO)SC1CCCCCC1O. The topological polar surface area (TPSA) is 40.5 Å². The maximum absolute atomic E-state index is 9.91. The van der Waals surface area contributed by atoms with E-state index in [1.807, 2.05) is 13.8 Å². The Morgan fingerprint density at radius 3 is 2.50 bits per heavy atom. The minimum absolute atomic E-state index is 0.115. The Hall–Kier alpha value is 0.270. The van der Waals surface area contributed by atoms with E-state index in [-0.39, 0.29) is 17.5 Å². The molecule has 1 aliphatic rings. The van der Waals surface area contributed by atoms with Crippen LogP contribution in [0.25, 0.3) is 0 Å². The van der Waals surface area contributed by atoms with Crippen LogP contribution >= 0.6 is 11.8 Å². The van der Waals surface area contributed by atoms with Crippen molar-refractivity contribution in [1.82, 2.24) is 0 Å². The normalized spacial score (nSPS) is 30.0. The van der Waals surface area contributed by atoms with Gasteiger partial charge in [0.1, 0.15) is 0 Å². The van der Waals surface area contributed by atoms with Gasteiger partial charge in [0.2, 0.25) is 0 Å². The van der Waals surface area contributed by atoms with Crippen LogP contribution in [-0.2, 0) is 0 Å². The van der Waals surface area contributed by atoms with Gasteiger partial charge in [0.05, 0.1) is 12.7 Å². The molecule has 2 N–H and O–H groups in total. The Labute approximate surface area is 91.1 Å². The summed E-state index contributed by atoms with van der Waals surface area (Å²) < 4.78 is -0.115. The minimum Gasteiger partial charge on any atom is -0.395 e. The Morgan fingerprint density at radius 2 is 1.86 bits per heavy atom. The molecule has 0 saturated heterocycles. The monoisotopic (exact) mass is 218 g/mol. The molecule has 1 aliphatic carbocycles. The average Bonchev–Trinajstić information content (AvgIpc) is 2.32. The number of aliphatic hydroxyl groups is 2. The van der Waals surface area contributed by atoms with Gasteiger partial charge in [-0.25, -0.2) is 0 Å². The lowest BCUT2D eigenvalue weighted by Gasteiger charge is -2.29. The molecule has 2 unspecified atom stereocenters. The van der Waals surface area contributed by atoms with E-state index in [4.69, 9.17) is 0 Å². The third-order valence-corrected chi connectivity index (χ3v) is 4.39. The number of hydrogen-bond acceptors (Lipinski definition) is 3. The van der Waals surface area contributed by atoms with Crippen molar-refractivity contribution < 1.29 is 10.2 Å². The molecular weight excluding hydrogens is 196 g/mol. The summed E-state index contributed by atoms with van der Waals surface area (Å²) in [5, 5.41) is 19.4. The molecule has 1 rings (SSSR count). The molecule has 2 nitrogen and oxygen atoms in total. The van der Waals surface area contributed by atoms with Crippen LogP contribution in [-0.4, -0.2) is 32.9 Å². The lowest BCUT2D eigenvalue weighted by Crippen LogP contribution is -2.30. The summed E-state index contributed by atoms with van der Waals surface area (Å²) in [4.78, 5) is 0. The van der Waals surface area contributed by atoms with Crippen LogP contribution in [0.1, 0.15) is 46.0 Å². The zero-order valence-corrected chi connectivity index (χ0v) is 10.0. The van der Waals surface area contributed by atoms with Crippen LogP contribution in [0.3, 0.4) is 0 Å². The van der Waals surface area contributed by atoms with E-state index in [0.29, 0.717) is 5.25 Å². The lowest BCUT2D eigenvalue weighted by atomic mass is 10.1. The maximum Gasteiger partial charge on any atom is 0.0659 e. The molecular formula is C11H22O2S. The molecule has 3 heteroatoms. The molecule has 0 aromatic heterocycles. The Kier molecular flexibility index (Phi) is 4.74. The van der Waals surface area contributed by atoms with Crippen LogP contribution < -0.4 is 0 Å². The van der Waals surface area contributed by atoms with Crippen molar-refractivity contribution in [3.05, 3.63) is 0 Å². The summed E-state index contributed by atoms with van der Waals surface area (Å²) in [6.07, 6.45) is 5.46. The zero-order valence-electron chi connectivity index (χ0n) is 9.20. The van der Waals surface area contributed by atoms with Gasteiger partial charge in [-0.1, -0.05) is 19.3 Å². The highest BCUT2D eigenvalue weighted by molar-refractivity contribution is 8.01. The molecule has 2 atom stereocenters. The van der Waals surface area contributed by atoms with E-state index in [9.17, 15) is 10.2 Å². The first-order valence-electron chi connectivity index (χ1n) is 5.52. The molecule has 1 fully saturated rings. The molecule has 1 saturated carbocycles. The summed E-state index contributed by atoms with van der Waals surface area (Å²) in [6, 6.07) is 0. The predicted molar refractivity (Wildman–Crippen MR) is 61.6 cm³/mol. The van der Waals surface area contributed by atoms with Gasteiger partial charge < -0.3 is 10.2 Å². The van der Waals surface area contributed by atoms with Gasteiger partial charge in [-0.15, -0.1) is 11.8 Å². The van der Waals surface area contributed by atoms with E-state index < -0.39 is 0 Å². The first kappa shape index (κ1) is 12.3.